The summed E-state index contributed by atoms with van der Waals surface area (Å²) in [5.41, 5.74) is 4.73. The van der Waals surface area contributed by atoms with Crippen molar-refractivity contribution in [2.75, 3.05) is 0 Å². The van der Waals surface area contributed by atoms with Crippen LogP contribution in [0.1, 0.15) is 72.1 Å². The zero-order chi connectivity index (χ0) is 18.4. The summed E-state index contributed by atoms with van der Waals surface area (Å²) in [6, 6.07) is 15.8. The van der Waals surface area contributed by atoms with Gasteiger partial charge in [-0.05, 0) is 48.8 Å². The summed E-state index contributed by atoms with van der Waals surface area (Å²) in [5, 5.41) is 3.11. The van der Waals surface area contributed by atoms with E-state index in [1.54, 1.807) is 12.1 Å². The highest BCUT2D eigenvalue weighted by molar-refractivity contribution is 5.97. The predicted molar refractivity (Wildman–Crippen MR) is 104 cm³/mol. The van der Waals surface area contributed by atoms with Crippen LogP contribution in [0, 0.1) is 0 Å². The fourth-order valence-corrected chi connectivity index (χ4v) is 3.65. The van der Waals surface area contributed by atoms with Crippen LogP contribution < -0.4 is 5.32 Å². The van der Waals surface area contributed by atoms with E-state index in [0.29, 0.717) is 5.56 Å². The van der Waals surface area contributed by atoms with Crippen LogP contribution in [0.25, 0.3) is 0 Å². The van der Waals surface area contributed by atoms with Gasteiger partial charge in [0.2, 0.25) is 5.91 Å². The molecule has 0 spiro atoms. The van der Waals surface area contributed by atoms with Gasteiger partial charge in [0, 0.05) is 18.4 Å². The van der Waals surface area contributed by atoms with Crippen molar-refractivity contribution in [3.63, 3.8) is 0 Å². The van der Waals surface area contributed by atoms with Gasteiger partial charge in [0.15, 0.2) is 5.78 Å². The van der Waals surface area contributed by atoms with Crippen LogP contribution in [0.3, 0.4) is 0 Å². The Morgan fingerprint density at radius 1 is 0.962 bits per heavy atom. The minimum atomic E-state index is -0.0566. The van der Waals surface area contributed by atoms with Crippen LogP contribution in [0.15, 0.2) is 48.5 Å². The Morgan fingerprint density at radius 2 is 1.69 bits per heavy atom. The maximum absolute atomic E-state index is 12.3. The Bertz CT molecular complexity index is 767. The average Bonchev–Trinajstić information content (AvgIpc) is 2.70. The van der Waals surface area contributed by atoms with E-state index >= 15 is 0 Å². The first-order valence-electron chi connectivity index (χ1n) is 9.66. The Kier molecular flexibility index (Phi) is 6.21. The highest BCUT2D eigenvalue weighted by atomic mass is 16.2. The van der Waals surface area contributed by atoms with Crippen molar-refractivity contribution >= 4 is 11.7 Å². The molecular weight excluding hydrogens is 322 g/mol. The average molecular weight is 349 g/mol. The molecule has 0 saturated carbocycles. The summed E-state index contributed by atoms with van der Waals surface area (Å²) in [6.07, 6.45) is 6.15. The molecule has 0 aromatic heterocycles. The summed E-state index contributed by atoms with van der Waals surface area (Å²) < 4.78 is 0. The first-order chi connectivity index (χ1) is 12.7. The van der Waals surface area contributed by atoms with E-state index in [1.807, 2.05) is 18.2 Å². The summed E-state index contributed by atoms with van der Waals surface area (Å²) in [6.45, 7) is 2.08. The largest absolute Gasteiger partial charge is 0.349 e. The first-order valence-corrected chi connectivity index (χ1v) is 9.66. The Morgan fingerprint density at radius 3 is 2.42 bits per heavy atom. The van der Waals surface area contributed by atoms with Gasteiger partial charge in [-0.2, -0.15) is 0 Å². The maximum atomic E-state index is 12.3. The number of carbonyl (C=O) groups is 2. The molecule has 0 aliphatic heterocycles. The molecule has 3 rings (SSSR count). The molecule has 2 aromatic rings. The van der Waals surface area contributed by atoms with Gasteiger partial charge >= 0.3 is 0 Å². The number of rotatable bonds is 7. The van der Waals surface area contributed by atoms with Crippen LogP contribution in [-0.2, 0) is 17.6 Å². The van der Waals surface area contributed by atoms with Gasteiger partial charge in [-0.1, -0.05) is 55.5 Å². The predicted octanol–water partition coefficient (Wildman–Crippen LogP) is 4.80. The third-order valence-corrected chi connectivity index (χ3v) is 5.19. The van der Waals surface area contributed by atoms with Crippen molar-refractivity contribution in [2.24, 2.45) is 0 Å². The van der Waals surface area contributed by atoms with E-state index in [-0.39, 0.29) is 30.6 Å². The molecule has 0 fully saturated rings. The van der Waals surface area contributed by atoms with Crippen molar-refractivity contribution in [1.29, 1.82) is 0 Å². The molecule has 2 aromatic carbocycles. The molecule has 1 unspecified atom stereocenters. The maximum Gasteiger partial charge on any atom is 0.220 e. The number of hydrogen-bond acceptors (Lipinski definition) is 2. The van der Waals surface area contributed by atoms with Crippen LogP contribution in [-0.4, -0.2) is 11.7 Å². The number of carbonyl (C=O) groups excluding carboxylic acids is 2. The fourth-order valence-electron chi connectivity index (χ4n) is 3.65. The minimum Gasteiger partial charge on any atom is -0.349 e. The lowest BCUT2D eigenvalue weighted by molar-refractivity contribution is -0.121. The summed E-state index contributed by atoms with van der Waals surface area (Å²) in [7, 11) is 0. The number of aryl methyl sites for hydroxylation is 2. The zero-order valence-electron chi connectivity index (χ0n) is 15.5. The molecule has 0 radical (unpaired) electrons. The topological polar surface area (TPSA) is 46.2 Å². The molecule has 3 nitrogen and oxygen atoms in total. The van der Waals surface area contributed by atoms with E-state index in [2.05, 4.69) is 30.4 Å². The van der Waals surface area contributed by atoms with Crippen molar-refractivity contribution in [3.05, 3.63) is 70.8 Å². The van der Waals surface area contributed by atoms with E-state index in [0.717, 1.165) is 12.8 Å². The third kappa shape index (κ3) is 4.60. The van der Waals surface area contributed by atoms with Gasteiger partial charge in [0.05, 0.1) is 6.04 Å². The quantitative estimate of drug-likeness (QED) is 0.730. The molecule has 3 heteroatoms. The number of amides is 1. The van der Waals surface area contributed by atoms with E-state index in [9.17, 15) is 9.59 Å². The summed E-state index contributed by atoms with van der Waals surface area (Å²) in [4.78, 5) is 24.5. The monoisotopic (exact) mass is 349 g/mol. The van der Waals surface area contributed by atoms with Gasteiger partial charge in [-0.15, -0.1) is 0 Å². The van der Waals surface area contributed by atoms with E-state index < -0.39 is 0 Å². The van der Waals surface area contributed by atoms with E-state index in [1.165, 1.54) is 36.0 Å². The molecule has 26 heavy (non-hydrogen) atoms. The lowest BCUT2D eigenvalue weighted by Gasteiger charge is -2.21. The lowest BCUT2D eigenvalue weighted by atomic mass is 9.89. The van der Waals surface area contributed by atoms with Crippen LogP contribution in [0.4, 0.5) is 0 Å². The molecular formula is C23H27NO2. The second-order valence-electron chi connectivity index (χ2n) is 7.05. The zero-order valence-corrected chi connectivity index (χ0v) is 15.5. The highest BCUT2D eigenvalue weighted by Gasteiger charge is 2.17. The molecule has 0 bridgehead atoms. The van der Waals surface area contributed by atoms with Gasteiger partial charge in [-0.3, -0.25) is 9.59 Å². The number of Topliss-reactive ketones (excluding diaryl/α,β-unsaturated/α-hetero) is 1. The van der Waals surface area contributed by atoms with Crippen molar-refractivity contribution in [3.8, 4) is 0 Å². The SMILES string of the molecule is CCC(NC(=O)CCC(=O)c1ccccc1)c1ccc2c(c1)CCCC2. The molecule has 1 aliphatic carbocycles. The number of hydrogen-bond donors (Lipinski definition) is 1. The molecule has 1 atom stereocenters. The number of nitrogens with one attached hydrogen (secondary N) is 1. The molecule has 1 aliphatic rings. The van der Waals surface area contributed by atoms with Gasteiger partial charge in [-0.25, -0.2) is 0 Å². The third-order valence-electron chi connectivity index (χ3n) is 5.19. The van der Waals surface area contributed by atoms with Crippen molar-refractivity contribution in [2.45, 2.75) is 57.9 Å². The standard InChI is InChI=1S/C23H27NO2/c1-2-21(20-13-12-17-8-6-7-11-19(17)16-20)24-23(26)15-14-22(25)18-9-4-3-5-10-18/h3-5,9-10,12-13,16,21H,2,6-8,11,14-15H2,1H3,(H,24,26). The lowest BCUT2D eigenvalue weighted by Crippen LogP contribution is -2.28. The normalized spacial score (nSPS) is 14.3. The summed E-state index contributed by atoms with van der Waals surface area (Å²) >= 11 is 0. The highest BCUT2D eigenvalue weighted by Crippen LogP contribution is 2.26. The second kappa shape index (κ2) is 8.79. The Hall–Kier alpha value is -2.42. The van der Waals surface area contributed by atoms with Crippen molar-refractivity contribution < 1.29 is 9.59 Å². The molecule has 136 valence electrons. The molecule has 0 heterocycles. The fraction of sp³-hybridized carbons (Fsp3) is 0.391. The van der Waals surface area contributed by atoms with Crippen molar-refractivity contribution in [1.82, 2.24) is 5.32 Å². The first kappa shape index (κ1) is 18.4. The van der Waals surface area contributed by atoms with Gasteiger partial charge in [0.25, 0.3) is 0 Å². The number of benzene rings is 2. The molecule has 1 N–H and O–H groups in total. The van der Waals surface area contributed by atoms with Gasteiger partial charge in [0.1, 0.15) is 0 Å². The number of ketones is 1. The molecule has 1 amide bonds. The molecule has 0 saturated heterocycles. The summed E-state index contributed by atoms with van der Waals surface area (Å²) in [5.74, 6) is -0.0403. The smallest absolute Gasteiger partial charge is 0.220 e. The second-order valence-corrected chi connectivity index (χ2v) is 7.05. The Balaban J connectivity index is 1.57. The van der Waals surface area contributed by atoms with Crippen LogP contribution in [0.5, 0.6) is 0 Å². The van der Waals surface area contributed by atoms with Gasteiger partial charge < -0.3 is 5.32 Å². The minimum absolute atomic E-state index is 0.0153. The van der Waals surface area contributed by atoms with E-state index in [4.69, 9.17) is 0 Å². The number of fused-ring (bicyclic) bond motifs is 1. The Labute approximate surface area is 155 Å². The van der Waals surface area contributed by atoms with Crippen LogP contribution in [0.2, 0.25) is 0 Å². The van der Waals surface area contributed by atoms with Crippen LogP contribution >= 0.6 is 0 Å².